The molecule has 3 N–H and O–H groups in total. The predicted octanol–water partition coefficient (Wildman–Crippen LogP) is 3.98. The first-order valence-corrected chi connectivity index (χ1v) is 9.21. The second-order valence-corrected chi connectivity index (χ2v) is 7.38. The number of phenols is 2. The van der Waals surface area contributed by atoms with Crippen molar-refractivity contribution >= 4 is 11.9 Å². The molecule has 3 aromatic carbocycles. The Morgan fingerprint density at radius 1 is 1.00 bits per heavy atom. The van der Waals surface area contributed by atoms with E-state index in [1.807, 2.05) is 0 Å². The van der Waals surface area contributed by atoms with Crippen LogP contribution in [0.15, 0.2) is 42.5 Å². The van der Waals surface area contributed by atoms with Crippen LogP contribution in [-0.2, 0) is 10.3 Å². The number of ether oxygens (including phenoxy) is 2. The fourth-order valence-corrected chi connectivity index (χ4v) is 4.41. The van der Waals surface area contributed by atoms with E-state index in [1.165, 1.54) is 12.1 Å². The zero-order valence-corrected chi connectivity index (χ0v) is 16.0. The van der Waals surface area contributed by atoms with Gasteiger partial charge >= 0.3 is 11.9 Å². The van der Waals surface area contributed by atoms with E-state index in [-0.39, 0.29) is 17.2 Å². The van der Waals surface area contributed by atoms with Gasteiger partial charge in [-0.25, -0.2) is 9.59 Å². The van der Waals surface area contributed by atoms with Crippen molar-refractivity contribution in [1.29, 1.82) is 0 Å². The molecule has 0 saturated carbocycles. The van der Waals surface area contributed by atoms with Crippen LogP contribution in [0.2, 0.25) is 0 Å². The van der Waals surface area contributed by atoms with Crippen molar-refractivity contribution in [3.63, 3.8) is 0 Å². The molecule has 0 bridgehead atoms. The Labute approximate surface area is 170 Å². The molecule has 30 heavy (non-hydrogen) atoms. The Morgan fingerprint density at radius 3 is 2.47 bits per heavy atom. The predicted molar refractivity (Wildman–Crippen MR) is 104 cm³/mol. The number of aromatic carboxylic acids is 1. The standard InChI is InChI=1S/C23H16O7/c1-10-11(2)19(25)17(21(26)27)20-18(10)23(15-8-7-12(24)9-16(15)29-20)14-6-4-3-5-13(14)22(28)30-23/h3-9,24-25H,1-2H3,(H,26,27). The summed E-state index contributed by atoms with van der Waals surface area (Å²) in [5, 5.41) is 30.4. The molecule has 150 valence electrons. The van der Waals surface area contributed by atoms with E-state index in [0.717, 1.165) is 0 Å². The lowest BCUT2D eigenvalue weighted by Gasteiger charge is -2.38. The van der Waals surface area contributed by atoms with Gasteiger partial charge in [-0.2, -0.15) is 0 Å². The van der Waals surface area contributed by atoms with E-state index < -0.39 is 28.9 Å². The van der Waals surface area contributed by atoms with E-state index in [1.54, 1.807) is 44.2 Å². The van der Waals surface area contributed by atoms with Gasteiger partial charge in [-0.05, 0) is 43.2 Å². The summed E-state index contributed by atoms with van der Waals surface area (Å²) in [6.45, 7) is 3.31. The Kier molecular flexibility index (Phi) is 3.47. The second kappa shape index (κ2) is 5.76. The van der Waals surface area contributed by atoms with Crippen LogP contribution in [-0.4, -0.2) is 27.3 Å². The van der Waals surface area contributed by atoms with Crippen LogP contribution < -0.4 is 4.74 Å². The quantitative estimate of drug-likeness (QED) is 0.526. The van der Waals surface area contributed by atoms with Gasteiger partial charge in [0.25, 0.3) is 0 Å². The average Bonchev–Trinajstić information content (AvgIpc) is 2.99. The third kappa shape index (κ3) is 2.03. The minimum Gasteiger partial charge on any atom is -0.508 e. The van der Waals surface area contributed by atoms with Gasteiger partial charge in [0.05, 0.1) is 11.1 Å². The number of rotatable bonds is 1. The first-order valence-electron chi connectivity index (χ1n) is 9.21. The summed E-state index contributed by atoms with van der Waals surface area (Å²) >= 11 is 0. The van der Waals surface area contributed by atoms with Gasteiger partial charge < -0.3 is 24.8 Å². The van der Waals surface area contributed by atoms with Gasteiger partial charge in [0.15, 0.2) is 11.4 Å². The minimum absolute atomic E-state index is 0.102. The molecule has 0 fully saturated rings. The Balaban J connectivity index is 2.01. The molecule has 5 rings (SSSR count). The molecule has 7 nitrogen and oxygen atoms in total. The normalized spacial score (nSPS) is 18.3. The number of benzene rings is 3. The first kappa shape index (κ1) is 18.1. The van der Waals surface area contributed by atoms with Gasteiger partial charge in [0.2, 0.25) is 0 Å². The molecular formula is C23H16O7. The molecule has 3 aromatic rings. The minimum atomic E-state index is -1.48. The van der Waals surface area contributed by atoms with E-state index >= 15 is 0 Å². The number of carboxylic acid groups (broad SMARTS) is 1. The maximum atomic E-state index is 12.8. The fraction of sp³-hybridized carbons (Fsp3) is 0.130. The van der Waals surface area contributed by atoms with E-state index in [9.17, 15) is 24.9 Å². The summed E-state index contributed by atoms with van der Waals surface area (Å²) in [5.74, 6) is -2.45. The monoisotopic (exact) mass is 404 g/mol. The maximum Gasteiger partial charge on any atom is 0.343 e. The number of carboxylic acids is 1. The number of hydrogen-bond donors (Lipinski definition) is 3. The van der Waals surface area contributed by atoms with Gasteiger partial charge in [-0.3, -0.25) is 0 Å². The van der Waals surface area contributed by atoms with Crippen molar-refractivity contribution in [3.05, 3.63) is 81.4 Å². The third-order valence-electron chi connectivity index (χ3n) is 5.88. The van der Waals surface area contributed by atoms with Crippen LogP contribution in [0.4, 0.5) is 0 Å². The highest BCUT2D eigenvalue weighted by atomic mass is 16.6. The highest BCUT2D eigenvalue weighted by molar-refractivity contribution is 6.00. The smallest absolute Gasteiger partial charge is 0.343 e. The molecule has 1 atom stereocenters. The Morgan fingerprint density at radius 2 is 1.73 bits per heavy atom. The highest BCUT2D eigenvalue weighted by Crippen LogP contribution is 2.59. The van der Waals surface area contributed by atoms with Crippen LogP contribution in [0, 0.1) is 13.8 Å². The molecular weight excluding hydrogens is 388 g/mol. The largest absolute Gasteiger partial charge is 0.508 e. The summed E-state index contributed by atoms with van der Waals surface area (Å²) in [6.07, 6.45) is 0. The van der Waals surface area contributed by atoms with Crippen LogP contribution in [0.1, 0.15) is 48.5 Å². The zero-order chi connectivity index (χ0) is 21.4. The molecule has 0 saturated heterocycles. The number of carbonyl (C=O) groups is 2. The third-order valence-corrected chi connectivity index (χ3v) is 5.88. The van der Waals surface area contributed by atoms with Gasteiger partial charge in [-0.1, -0.05) is 18.2 Å². The van der Waals surface area contributed by atoms with Gasteiger partial charge in [0, 0.05) is 17.2 Å². The van der Waals surface area contributed by atoms with Crippen LogP contribution >= 0.6 is 0 Å². The summed E-state index contributed by atoms with van der Waals surface area (Å²) in [4.78, 5) is 24.9. The highest BCUT2D eigenvalue weighted by Gasteiger charge is 2.55. The molecule has 1 unspecified atom stereocenters. The molecule has 0 radical (unpaired) electrons. The number of phenolic OH excluding ortho intramolecular Hbond substituents is 1. The van der Waals surface area contributed by atoms with E-state index in [2.05, 4.69) is 0 Å². The number of esters is 1. The number of carbonyl (C=O) groups excluding carboxylic acids is 1. The maximum absolute atomic E-state index is 12.8. The van der Waals surface area contributed by atoms with E-state index in [0.29, 0.717) is 33.4 Å². The van der Waals surface area contributed by atoms with Crippen LogP contribution in [0.5, 0.6) is 23.0 Å². The topological polar surface area (TPSA) is 113 Å². The summed E-state index contributed by atoms with van der Waals surface area (Å²) in [6, 6.07) is 11.2. The number of fused-ring (bicyclic) bond motifs is 6. The molecule has 1 spiro atoms. The molecule has 0 aliphatic carbocycles. The SMILES string of the molecule is Cc1c(C)c2c(c(C(=O)O)c1O)Oc1cc(O)ccc1C21OC(=O)c2ccccc21. The first-order chi connectivity index (χ1) is 14.3. The molecule has 2 aliphatic rings. The van der Waals surface area contributed by atoms with Crippen molar-refractivity contribution < 1.29 is 34.4 Å². The molecule has 7 heteroatoms. The number of hydrogen-bond acceptors (Lipinski definition) is 6. The molecule has 2 heterocycles. The second-order valence-electron chi connectivity index (χ2n) is 7.38. The molecule has 0 aromatic heterocycles. The van der Waals surface area contributed by atoms with E-state index in [4.69, 9.17) is 9.47 Å². The average molecular weight is 404 g/mol. The lowest BCUT2D eigenvalue weighted by molar-refractivity contribution is 0.0221. The molecule has 2 aliphatic heterocycles. The van der Waals surface area contributed by atoms with Crippen molar-refractivity contribution in [2.45, 2.75) is 19.4 Å². The van der Waals surface area contributed by atoms with Crippen molar-refractivity contribution in [1.82, 2.24) is 0 Å². The van der Waals surface area contributed by atoms with Gasteiger partial charge in [-0.15, -0.1) is 0 Å². The van der Waals surface area contributed by atoms with Crippen molar-refractivity contribution in [3.8, 4) is 23.0 Å². The number of aromatic hydroxyl groups is 2. The Hall–Kier alpha value is -4.00. The van der Waals surface area contributed by atoms with Crippen molar-refractivity contribution in [2.75, 3.05) is 0 Å². The lowest BCUT2D eigenvalue weighted by Crippen LogP contribution is -2.35. The van der Waals surface area contributed by atoms with Crippen LogP contribution in [0.3, 0.4) is 0 Å². The summed E-state index contributed by atoms with van der Waals surface area (Å²) in [5.41, 5.74) is 0.663. The van der Waals surface area contributed by atoms with Crippen LogP contribution in [0.25, 0.3) is 0 Å². The molecule has 0 amide bonds. The summed E-state index contributed by atoms with van der Waals surface area (Å²) < 4.78 is 11.9. The Bertz CT molecular complexity index is 1290. The lowest BCUT2D eigenvalue weighted by atomic mass is 9.74. The fourth-order valence-electron chi connectivity index (χ4n) is 4.41. The van der Waals surface area contributed by atoms with Crippen molar-refractivity contribution in [2.24, 2.45) is 0 Å². The zero-order valence-electron chi connectivity index (χ0n) is 16.0. The van der Waals surface area contributed by atoms with Gasteiger partial charge in [0.1, 0.15) is 22.8 Å². The summed E-state index contributed by atoms with van der Waals surface area (Å²) in [7, 11) is 0.